The van der Waals surface area contributed by atoms with Crippen molar-refractivity contribution in [3.8, 4) is 11.5 Å². The number of anilines is 3. The minimum atomic E-state index is -0.226. The van der Waals surface area contributed by atoms with Gasteiger partial charge in [0, 0.05) is 30.5 Å². The SMILES string of the molecule is CC.COc1ccc(NCc2ccc(C(=O)Nc3cc(CCCO)ccc3N)cc2)cc1OC. The van der Waals surface area contributed by atoms with Crippen molar-refractivity contribution in [1.82, 2.24) is 0 Å². The molecule has 34 heavy (non-hydrogen) atoms. The van der Waals surface area contributed by atoms with Gasteiger partial charge in [0.25, 0.3) is 5.91 Å². The molecule has 3 aromatic rings. The first-order chi connectivity index (χ1) is 16.5. The maximum Gasteiger partial charge on any atom is 0.255 e. The molecule has 0 aromatic heterocycles. The van der Waals surface area contributed by atoms with Crippen molar-refractivity contribution in [3.63, 3.8) is 0 Å². The molecule has 7 heteroatoms. The zero-order valence-corrected chi connectivity index (χ0v) is 20.4. The Hall–Kier alpha value is -3.71. The second kappa shape index (κ2) is 13.7. The predicted octanol–water partition coefficient (Wildman–Crippen LogP) is 5.10. The van der Waals surface area contributed by atoms with Gasteiger partial charge in [-0.05, 0) is 60.4 Å². The summed E-state index contributed by atoms with van der Waals surface area (Å²) in [6, 6.07) is 18.5. The molecule has 0 heterocycles. The van der Waals surface area contributed by atoms with Crippen LogP contribution in [0.15, 0.2) is 60.7 Å². The molecule has 5 N–H and O–H groups in total. The zero-order valence-electron chi connectivity index (χ0n) is 20.4. The number of carbonyl (C=O) groups is 1. The van der Waals surface area contributed by atoms with Gasteiger partial charge in [0.2, 0.25) is 0 Å². The molecule has 0 saturated heterocycles. The number of ether oxygens (including phenoxy) is 2. The van der Waals surface area contributed by atoms with E-state index in [1.807, 2.05) is 56.3 Å². The van der Waals surface area contributed by atoms with Crippen LogP contribution in [0.25, 0.3) is 0 Å². The van der Waals surface area contributed by atoms with Crippen molar-refractivity contribution in [2.45, 2.75) is 33.2 Å². The highest BCUT2D eigenvalue weighted by Crippen LogP contribution is 2.30. The molecule has 0 radical (unpaired) electrons. The topological polar surface area (TPSA) is 106 Å². The molecular weight excluding hydrogens is 430 g/mol. The van der Waals surface area contributed by atoms with Gasteiger partial charge in [-0.1, -0.05) is 32.0 Å². The number of rotatable bonds is 10. The number of methoxy groups -OCH3 is 2. The molecule has 7 nitrogen and oxygen atoms in total. The highest BCUT2D eigenvalue weighted by Gasteiger charge is 2.10. The van der Waals surface area contributed by atoms with Gasteiger partial charge in [0.05, 0.1) is 25.6 Å². The zero-order chi connectivity index (χ0) is 24.9. The van der Waals surface area contributed by atoms with E-state index in [2.05, 4.69) is 10.6 Å². The van der Waals surface area contributed by atoms with Crippen LogP contribution in [0, 0.1) is 0 Å². The minimum Gasteiger partial charge on any atom is -0.493 e. The van der Waals surface area contributed by atoms with E-state index in [4.69, 9.17) is 20.3 Å². The molecule has 0 bridgehead atoms. The maximum absolute atomic E-state index is 12.7. The van der Waals surface area contributed by atoms with E-state index in [0.29, 0.717) is 41.4 Å². The van der Waals surface area contributed by atoms with Crippen LogP contribution in [0.1, 0.15) is 41.8 Å². The molecule has 0 saturated carbocycles. The highest BCUT2D eigenvalue weighted by molar-refractivity contribution is 6.05. The second-order valence-corrected chi connectivity index (χ2v) is 7.32. The van der Waals surface area contributed by atoms with Crippen LogP contribution in [0.4, 0.5) is 17.1 Å². The number of amides is 1. The molecule has 3 rings (SSSR count). The fourth-order valence-electron chi connectivity index (χ4n) is 3.27. The van der Waals surface area contributed by atoms with Gasteiger partial charge in [-0.25, -0.2) is 0 Å². The van der Waals surface area contributed by atoms with E-state index in [-0.39, 0.29) is 12.5 Å². The lowest BCUT2D eigenvalue weighted by Crippen LogP contribution is -2.13. The van der Waals surface area contributed by atoms with Crippen molar-refractivity contribution in [2.75, 3.05) is 37.2 Å². The molecule has 0 atom stereocenters. The molecule has 0 unspecified atom stereocenters. The van der Waals surface area contributed by atoms with Gasteiger partial charge in [-0.3, -0.25) is 4.79 Å². The molecule has 0 aliphatic rings. The van der Waals surface area contributed by atoms with Crippen LogP contribution in [-0.4, -0.2) is 31.8 Å². The molecule has 0 fully saturated rings. The predicted molar refractivity (Wildman–Crippen MR) is 139 cm³/mol. The smallest absolute Gasteiger partial charge is 0.255 e. The van der Waals surface area contributed by atoms with E-state index in [1.165, 1.54) is 0 Å². The average Bonchev–Trinajstić information content (AvgIpc) is 2.89. The van der Waals surface area contributed by atoms with E-state index in [9.17, 15) is 4.79 Å². The first-order valence-electron chi connectivity index (χ1n) is 11.4. The highest BCUT2D eigenvalue weighted by atomic mass is 16.5. The average molecular weight is 466 g/mol. The summed E-state index contributed by atoms with van der Waals surface area (Å²) in [7, 11) is 3.20. The summed E-state index contributed by atoms with van der Waals surface area (Å²) < 4.78 is 10.6. The summed E-state index contributed by atoms with van der Waals surface area (Å²) in [5, 5.41) is 15.2. The Bertz CT molecular complexity index is 1050. The quantitative estimate of drug-likeness (QED) is 0.310. The Morgan fingerprint density at radius 1 is 0.912 bits per heavy atom. The third-order valence-electron chi connectivity index (χ3n) is 5.09. The van der Waals surface area contributed by atoms with Gasteiger partial charge in [-0.15, -0.1) is 0 Å². The number of hydrogen-bond acceptors (Lipinski definition) is 6. The van der Waals surface area contributed by atoms with Crippen molar-refractivity contribution in [1.29, 1.82) is 0 Å². The van der Waals surface area contributed by atoms with E-state index >= 15 is 0 Å². The van der Waals surface area contributed by atoms with Crippen LogP contribution in [0.5, 0.6) is 11.5 Å². The standard InChI is InChI=1S/C25H29N3O4.C2H6/c1-31-23-12-10-20(15-24(23)32-2)27-16-18-5-8-19(9-6-18)25(30)28-22-14-17(4-3-13-29)7-11-21(22)26;1-2/h5-12,14-15,27,29H,3-4,13,16,26H2,1-2H3,(H,28,30);1-2H3. The Labute approximate surface area is 201 Å². The van der Waals surface area contributed by atoms with Crippen molar-refractivity contribution < 1.29 is 19.4 Å². The molecule has 0 spiro atoms. The van der Waals surface area contributed by atoms with Gasteiger partial charge in [-0.2, -0.15) is 0 Å². The first-order valence-corrected chi connectivity index (χ1v) is 11.4. The number of aliphatic hydroxyl groups is 1. The van der Waals surface area contributed by atoms with E-state index in [1.54, 1.807) is 32.4 Å². The van der Waals surface area contributed by atoms with Crippen LogP contribution < -0.4 is 25.8 Å². The summed E-state index contributed by atoms with van der Waals surface area (Å²) in [4.78, 5) is 12.7. The lowest BCUT2D eigenvalue weighted by atomic mass is 10.1. The van der Waals surface area contributed by atoms with Crippen LogP contribution in [0.2, 0.25) is 0 Å². The lowest BCUT2D eigenvalue weighted by Gasteiger charge is -2.12. The Morgan fingerprint density at radius 3 is 2.24 bits per heavy atom. The number of aryl methyl sites for hydroxylation is 1. The van der Waals surface area contributed by atoms with Gasteiger partial charge in [0.15, 0.2) is 11.5 Å². The molecule has 182 valence electrons. The normalized spacial score (nSPS) is 10.0. The molecule has 1 amide bonds. The molecule has 0 aliphatic heterocycles. The first kappa shape index (κ1) is 26.5. The molecular formula is C27H35N3O4. The van der Waals surface area contributed by atoms with Gasteiger partial charge >= 0.3 is 0 Å². The Kier molecular flexibility index (Phi) is 10.7. The van der Waals surface area contributed by atoms with Crippen molar-refractivity contribution in [3.05, 3.63) is 77.4 Å². The number of aliphatic hydroxyl groups excluding tert-OH is 1. The van der Waals surface area contributed by atoms with Crippen LogP contribution in [-0.2, 0) is 13.0 Å². The minimum absolute atomic E-state index is 0.124. The summed E-state index contributed by atoms with van der Waals surface area (Å²) in [6.45, 7) is 4.72. The number of nitrogens with two attached hydrogens (primary N) is 1. The number of nitrogen functional groups attached to an aromatic ring is 1. The maximum atomic E-state index is 12.7. The monoisotopic (exact) mass is 465 g/mol. The van der Waals surface area contributed by atoms with E-state index in [0.717, 1.165) is 23.2 Å². The van der Waals surface area contributed by atoms with Crippen molar-refractivity contribution >= 4 is 23.0 Å². The van der Waals surface area contributed by atoms with E-state index < -0.39 is 0 Å². The lowest BCUT2D eigenvalue weighted by molar-refractivity contribution is 0.102. The Morgan fingerprint density at radius 2 is 1.59 bits per heavy atom. The fraction of sp³-hybridized carbons (Fsp3) is 0.296. The van der Waals surface area contributed by atoms with Gasteiger partial charge in [0.1, 0.15) is 0 Å². The van der Waals surface area contributed by atoms with Crippen LogP contribution >= 0.6 is 0 Å². The van der Waals surface area contributed by atoms with Crippen molar-refractivity contribution in [2.24, 2.45) is 0 Å². The number of carbonyl (C=O) groups excluding carboxylic acids is 1. The third-order valence-corrected chi connectivity index (χ3v) is 5.09. The van der Waals surface area contributed by atoms with Gasteiger partial charge < -0.3 is 30.9 Å². The summed E-state index contributed by atoms with van der Waals surface area (Å²) in [6.07, 6.45) is 1.39. The number of nitrogens with one attached hydrogen (secondary N) is 2. The Balaban J connectivity index is 0.00000199. The summed E-state index contributed by atoms with van der Waals surface area (Å²) >= 11 is 0. The fourth-order valence-corrected chi connectivity index (χ4v) is 3.27. The third kappa shape index (κ3) is 7.42. The van der Waals surface area contributed by atoms with Crippen LogP contribution in [0.3, 0.4) is 0 Å². The largest absolute Gasteiger partial charge is 0.493 e. The summed E-state index contributed by atoms with van der Waals surface area (Å²) in [5.74, 6) is 1.10. The number of benzene rings is 3. The molecule has 3 aromatic carbocycles. The number of hydrogen-bond donors (Lipinski definition) is 4. The second-order valence-electron chi connectivity index (χ2n) is 7.32. The molecule has 0 aliphatic carbocycles. The summed E-state index contributed by atoms with van der Waals surface area (Å²) in [5.41, 5.74) is 10.6.